The van der Waals surface area contributed by atoms with Gasteiger partial charge in [0, 0.05) is 7.11 Å². The highest BCUT2D eigenvalue weighted by Gasteiger charge is 2.25. The Morgan fingerprint density at radius 2 is 2.33 bits per heavy atom. The monoisotopic (exact) mass is 246 g/mol. The van der Waals surface area contributed by atoms with Crippen LogP contribution in [0.2, 0.25) is 0 Å². The molecule has 0 spiro atoms. The third-order valence-corrected chi connectivity index (χ3v) is 3.81. The molecule has 0 bridgehead atoms. The van der Waals surface area contributed by atoms with E-state index < -0.39 is 10.7 Å². The van der Waals surface area contributed by atoms with Gasteiger partial charge in [0.15, 0.2) is 0 Å². The largest absolute Gasteiger partial charge is 0.513 e. The number of unbranched alkanes of at least 4 members (excludes halogenated alkanes) is 1. The fourth-order valence-electron chi connectivity index (χ4n) is 0.964. The summed E-state index contributed by atoms with van der Waals surface area (Å²) in [6, 6.07) is 2.05. The molecule has 0 aliphatic rings. The Balaban J connectivity index is 4.61. The Morgan fingerprint density at radius 1 is 1.73 bits per heavy atom. The van der Waals surface area contributed by atoms with Gasteiger partial charge in [-0.3, -0.25) is 0 Å². The van der Waals surface area contributed by atoms with Crippen molar-refractivity contribution >= 4 is 27.1 Å². The van der Waals surface area contributed by atoms with E-state index in [1.807, 2.05) is 6.92 Å². The molecule has 0 saturated carbocycles. The van der Waals surface area contributed by atoms with E-state index in [-0.39, 0.29) is 14.5 Å². The molecule has 2 atom stereocenters. The van der Waals surface area contributed by atoms with Gasteiger partial charge in [-0.15, -0.1) is 0 Å². The number of thiol groups is 1. The fourth-order valence-corrected chi connectivity index (χ4v) is 2.49. The van der Waals surface area contributed by atoms with E-state index in [1.165, 1.54) is 7.11 Å². The van der Waals surface area contributed by atoms with Crippen LogP contribution in [0.4, 0.5) is 0 Å². The Kier molecular flexibility index (Phi) is 6.84. The van der Waals surface area contributed by atoms with Gasteiger partial charge in [-0.2, -0.15) is 17.9 Å². The summed E-state index contributed by atoms with van der Waals surface area (Å²) in [7, 11) is 1.03. The van der Waals surface area contributed by atoms with Crippen molar-refractivity contribution in [1.82, 2.24) is 0 Å². The number of nitriles is 1. The highest BCUT2D eigenvalue weighted by molar-refractivity contribution is 7.83. The standard InChI is InChI=1S/C9H16NO3SSi/c1-3-4-5-9(14,6-10)15-8(12)7(11)13-2/h7,11-12,14H,3-5H2,1-2H3. The van der Waals surface area contributed by atoms with E-state index >= 15 is 0 Å². The van der Waals surface area contributed by atoms with Crippen molar-refractivity contribution in [3.8, 4) is 6.07 Å². The van der Waals surface area contributed by atoms with Crippen molar-refractivity contribution in [2.24, 2.45) is 0 Å². The number of hydrogen-bond donors (Lipinski definition) is 3. The predicted octanol–water partition coefficient (Wildman–Crippen LogP) is 0.498. The lowest BCUT2D eigenvalue weighted by atomic mass is 10.2. The number of aliphatic hydroxyl groups excluding tert-OH is 2. The number of nitrogens with zero attached hydrogens (tertiary/aromatic N) is 1. The van der Waals surface area contributed by atoms with Crippen LogP contribution >= 0.6 is 12.6 Å². The highest BCUT2D eigenvalue weighted by Crippen LogP contribution is 2.18. The molecule has 0 heterocycles. The van der Waals surface area contributed by atoms with Crippen LogP contribution in [0.5, 0.6) is 0 Å². The molecular formula is C9H16NO3SSi. The number of ether oxygens (including phenoxy) is 1. The number of rotatable bonds is 6. The van der Waals surface area contributed by atoms with Gasteiger partial charge in [0.1, 0.15) is 18.9 Å². The molecule has 0 aromatic rings. The average molecular weight is 246 g/mol. The SMILES string of the molecule is CCCCC(S)(C#N)[Si]=C(O)C(O)OC. The van der Waals surface area contributed by atoms with Crippen LogP contribution in [0.1, 0.15) is 26.2 Å². The van der Waals surface area contributed by atoms with Gasteiger partial charge in [-0.05, 0) is 6.42 Å². The number of aliphatic hydroxyl groups is 2. The first kappa shape index (κ1) is 14.6. The van der Waals surface area contributed by atoms with Crippen LogP contribution in [-0.4, -0.2) is 42.5 Å². The molecule has 2 N–H and O–H groups in total. The molecule has 0 amide bonds. The zero-order valence-electron chi connectivity index (χ0n) is 8.90. The van der Waals surface area contributed by atoms with Crippen LogP contribution in [0.15, 0.2) is 0 Å². The summed E-state index contributed by atoms with van der Waals surface area (Å²) in [5.74, 6) is 0. The normalized spacial score (nSPS) is 17.9. The van der Waals surface area contributed by atoms with Crippen molar-refractivity contribution in [3.05, 3.63) is 0 Å². The van der Waals surface area contributed by atoms with E-state index in [0.717, 1.165) is 12.8 Å². The van der Waals surface area contributed by atoms with Crippen LogP contribution in [0.25, 0.3) is 0 Å². The van der Waals surface area contributed by atoms with Crippen LogP contribution in [0, 0.1) is 11.3 Å². The molecule has 4 nitrogen and oxygen atoms in total. The second-order valence-electron chi connectivity index (χ2n) is 3.17. The molecular weight excluding hydrogens is 230 g/mol. The molecule has 85 valence electrons. The van der Waals surface area contributed by atoms with Gasteiger partial charge in [0.2, 0.25) is 6.29 Å². The Bertz CT molecular complexity index is 267. The van der Waals surface area contributed by atoms with Crippen LogP contribution in [0.3, 0.4) is 0 Å². The van der Waals surface area contributed by atoms with Gasteiger partial charge < -0.3 is 14.9 Å². The first-order chi connectivity index (χ1) is 6.99. The molecule has 2 unspecified atom stereocenters. The minimum Gasteiger partial charge on any atom is -0.513 e. The second kappa shape index (κ2) is 7.01. The molecule has 0 fully saturated rings. The number of methoxy groups -OCH3 is 1. The molecule has 15 heavy (non-hydrogen) atoms. The van der Waals surface area contributed by atoms with Crippen molar-refractivity contribution in [3.63, 3.8) is 0 Å². The quantitative estimate of drug-likeness (QED) is 0.362. The van der Waals surface area contributed by atoms with Crippen molar-refractivity contribution < 1.29 is 14.9 Å². The summed E-state index contributed by atoms with van der Waals surface area (Å²) in [4.78, 5) is 0. The summed E-state index contributed by atoms with van der Waals surface area (Å²) in [6.45, 7) is 2.02. The minimum atomic E-state index is -1.33. The van der Waals surface area contributed by atoms with Crippen LogP contribution < -0.4 is 0 Å². The molecule has 0 aromatic carbocycles. The summed E-state index contributed by atoms with van der Waals surface area (Å²) in [5.41, 5.74) is 0. The Hall–Kier alpha value is -0.353. The minimum absolute atomic E-state index is 0.231. The zero-order valence-corrected chi connectivity index (χ0v) is 10.8. The Labute approximate surface area is 97.7 Å². The van der Waals surface area contributed by atoms with Crippen molar-refractivity contribution in [2.75, 3.05) is 7.11 Å². The van der Waals surface area contributed by atoms with E-state index in [1.54, 1.807) is 0 Å². The van der Waals surface area contributed by atoms with Gasteiger partial charge in [-0.1, -0.05) is 19.8 Å². The topological polar surface area (TPSA) is 73.5 Å². The molecule has 6 heteroatoms. The van der Waals surface area contributed by atoms with Crippen LogP contribution in [-0.2, 0) is 4.74 Å². The number of hydrogen-bond acceptors (Lipinski definition) is 5. The fraction of sp³-hybridized carbons (Fsp3) is 0.778. The lowest BCUT2D eigenvalue weighted by molar-refractivity contribution is -0.0290. The average Bonchev–Trinajstić information content (AvgIpc) is 2.25. The third-order valence-electron chi connectivity index (χ3n) is 1.87. The van der Waals surface area contributed by atoms with E-state index in [2.05, 4.69) is 23.4 Å². The van der Waals surface area contributed by atoms with Gasteiger partial charge in [0.05, 0.1) is 6.07 Å². The maximum absolute atomic E-state index is 9.44. The smallest absolute Gasteiger partial charge is 0.208 e. The summed E-state index contributed by atoms with van der Waals surface area (Å²) in [6.07, 6.45) is 1.08. The maximum Gasteiger partial charge on any atom is 0.208 e. The second-order valence-corrected chi connectivity index (χ2v) is 5.97. The van der Waals surface area contributed by atoms with E-state index in [9.17, 15) is 5.11 Å². The predicted molar refractivity (Wildman–Crippen MR) is 62.6 cm³/mol. The first-order valence-electron chi connectivity index (χ1n) is 4.67. The van der Waals surface area contributed by atoms with Gasteiger partial charge >= 0.3 is 0 Å². The lowest BCUT2D eigenvalue weighted by Gasteiger charge is -2.16. The summed E-state index contributed by atoms with van der Waals surface area (Å²) in [5, 5.41) is 27.3. The van der Waals surface area contributed by atoms with Gasteiger partial charge in [-0.25, -0.2) is 0 Å². The molecule has 0 aromatic heterocycles. The third kappa shape index (κ3) is 5.32. The van der Waals surface area contributed by atoms with E-state index in [0.29, 0.717) is 6.42 Å². The molecule has 0 aliphatic heterocycles. The lowest BCUT2D eigenvalue weighted by Crippen LogP contribution is -2.34. The van der Waals surface area contributed by atoms with E-state index in [4.69, 9.17) is 10.4 Å². The zero-order chi connectivity index (χ0) is 11.9. The van der Waals surface area contributed by atoms with Crippen molar-refractivity contribution in [1.29, 1.82) is 5.26 Å². The summed E-state index contributed by atoms with van der Waals surface area (Å²) < 4.78 is 3.64. The first-order valence-corrected chi connectivity index (χ1v) is 6.12. The maximum atomic E-state index is 9.44. The molecule has 1 radical (unpaired) electrons. The van der Waals surface area contributed by atoms with Gasteiger partial charge in [0.25, 0.3) is 0 Å². The Morgan fingerprint density at radius 3 is 2.73 bits per heavy atom. The molecule has 0 rings (SSSR count). The molecule has 0 saturated heterocycles. The summed E-state index contributed by atoms with van der Waals surface area (Å²) >= 11 is 4.23. The molecule has 0 aliphatic carbocycles. The highest BCUT2D eigenvalue weighted by atomic mass is 32.1. The van der Waals surface area contributed by atoms with Crippen molar-refractivity contribution in [2.45, 2.75) is 36.8 Å².